The third-order valence-corrected chi connectivity index (χ3v) is 3.87. The lowest BCUT2D eigenvalue weighted by atomic mass is 9.90. The number of nitrogens with zero attached hydrogens (tertiary/aromatic N) is 3. The lowest BCUT2D eigenvalue weighted by molar-refractivity contribution is -0.733. The molecule has 0 radical (unpaired) electrons. The van der Waals surface area contributed by atoms with Crippen LogP contribution in [0.15, 0.2) is 24.3 Å². The molecule has 3 rings (SSSR count). The van der Waals surface area contributed by atoms with E-state index in [1.54, 1.807) is 36.0 Å². The smallest absolute Gasteiger partial charge is 0.249 e. The van der Waals surface area contributed by atoms with Gasteiger partial charge in [0, 0.05) is 11.1 Å². The molecule has 2 aromatic rings. The van der Waals surface area contributed by atoms with Crippen molar-refractivity contribution in [1.82, 2.24) is 9.90 Å². The highest BCUT2D eigenvalue weighted by molar-refractivity contribution is 6.26. The summed E-state index contributed by atoms with van der Waals surface area (Å²) in [7, 11) is 1.72. The molecule has 0 amide bonds. The van der Waals surface area contributed by atoms with Crippen molar-refractivity contribution in [3.63, 3.8) is 0 Å². The molecule has 1 aliphatic rings. The summed E-state index contributed by atoms with van der Waals surface area (Å²) in [4.78, 5) is 25.3. The monoisotopic (exact) mass is 284 g/mol. The Balaban J connectivity index is 2.09. The highest BCUT2D eigenvalue weighted by atomic mass is 16.1. The topological polar surface area (TPSA) is 55.8 Å². The van der Waals surface area contributed by atoms with Crippen molar-refractivity contribution in [2.45, 2.75) is 32.7 Å². The third kappa shape index (κ3) is 2.09. The van der Waals surface area contributed by atoms with Crippen LogP contribution >= 0.6 is 0 Å². The van der Waals surface area contributed by atoms with E-state index < -0.39 is 0 Å². The number of benzene rings is 1. The summed E-state index contributed by atoms with van der Waals surface area (Å²) in [5.74, 6) is -0.228. The van der Waals surface area contributed by atoms with Gasteiger partial charge in [-0.1, -0.05) is 37.6 Å². The lowest BCUT2D eigenvalue weighted by Crippen LogP contribution is -2.39. The SMILES string of the molecule is CCCCCn1n[n+](C)c2c1C(=O)c1ccccc1C2=O. The molecule has 1 heterocycles. The summed E-state index contributed by atoms with van der Waals surface area (Å²) < 4.78 is 3.21. The first kappa shape index (κ1) is 13.7. The van der Waals surface area contributed by atoms with E-state index in [-0.39, 0.29) is 11.6 Å². The fraction of sp³-hybridized carbons (Fsp3) is 0.375. The third-order valence-electron chi connectivity index (χ3n) is 3.87. The molecule has 1 aromatic carbocycles. The van der Waals surface area contributed by atoms with Crippen LogP contribution in [0.25, 0.3) is 0 Å². The van der Waals surface area contributed by atoms with E-state index in [9.17, 15) is 9.59 Å². The summed E-state index contributed by atoms with van der Waals surface area (Å²) in [6.45, 7) is 2.79. The van der Waals surface area contributed by atoms with Gasteiger partial charge in [-0.05, 0) is 12.8 Å². The van der Waals surface area contributed by atoms with Crippen molar-refractivity contribution in [3.05, 3.63) is 46.8 Å². The maximum atomic E-state index is 12.7. The van der Waals surface area contributed by atoms with Gasteiger partial charge in [-0.15, -0.1) is 9.36 Å². The van der Waals surface area contributed by atoms with E-state index >= 15 is 0 Å². The molecule has 5 nitrogen and oxygen atoms in total. The highest BCUT2D eigenvalue weighted by Crippen LogP contribution is 2.25. The standard InChI is InChI=1S/C16H18N3O2/c1-3-4-7-10-19-14-13(18(2)17-19)15(20)11-8-5-6-9-12(11)16(14)21/h5-6,8-9H,3-4,7,10H2,1-2H3/q+1. The van der Waals surface area contributed by atoms with Crippen LogP contribution in [0.5, 0.6) is 0 Å². The van der Waals surface area contributed by atoms with Gasteiger partial charge in [0.05, 0.1) is 5.21 Å². The fourth-order valence-corrected chi connectivity index (χ4v) is 2.81. The Kier molecular flexibility index (Phi) is 3.41. The molecule has 0 unspecified atom stereocenters. The van der Waals surface area contributed by atoms with Crippen molar-refractivity contribution in [3.8, 4) is 0 Å². The molecule has 108 valence electrons. The predicted molar refractivity (Wildman–Crippen MR) is 76.2 cm³/mol. The van der Waals surface area contributed by atoms with Gasteiger partial charge >= 0.3 is 0 Å². The molecule has 0 fully saturated rings. The van der Waals surface area contributed by atoms with Crippen molar-refractivity contribution in [2.75, 3.05) is 0 Å². The number of ketones is 2. The molecule has 0 saturated heterocycles. The van der Waals surface area contributed by atoms with Crippen LogP contribution in [0.3, 0.4) is 0 Å². The van der Waals surface area contributed by atoms with Gasteiger partial charge in [0.15, 0.2) is 0 Å². The fourth-order valence-electron chi connectivity index (χ4n) is 2.81. The largest absolute Gasteiger partial charge is 0.284 e. The maximum Gasteiger partial charge on any atom is 0.249 e. The molecule has 21 heavy (non-hydrogen) atoms. The second-order valence-electron chi connectivity index (χ2n) is 5.34. The number of carbonyl (C=O) groups is 2. The van der Waals surface area contributed by atoms with E-state index in [4.69, 9.17) is 0 Å². The number of aromatic nitrogens is 3. The molecule has 5 heteroatoms. The summed E-state index contributed by atoms with van der Waals surface area (Å²) in [6.07, 6.45) is 3.14. The zero-order chi connectivity index (χ0) is 15.0. The molecular weight excluding hydrogens is 266 g/mol. The Morgan fingerprint density at radius 2 is 1.76 bits per heavy atom. The Hall–Kier alpha value is -2.30. The summed E-state index contributed by atoms with van der Waals surface area (Å²) in [5.41, 5.74) is 1.78. The van der Waals surface area contributed by atoms with Crippen LogP contribution in [0.1, 0.15) is 58.3 Å². The number of carbonyl (C=O) groups excluding carboxylic acids is 2. The number of hydrogen-bond donors (Lipinski definition) is 0. The first-order valence-corrected chi connectivity index (χ1v) is 7.30. The number of aryl methyl sites for hydroxylation is 2. The van der Waals surface area contributed by atoms with Crippen LogP contribution in [0.2, 0.25) is 0 Å². The number of fused-ring (bicyclic) bond motifs is 2. The van der Waals surface area contributed by atoms with E-state index in [2.05, 4.69) is 12.1 Å². The minimum atomic E-state index is -0.121. The van der Waals surface area contributed by atoms with Crippen LogP contribution in [-0.2, 0) is 13.6 Å². The molecule has 0 atom stereocenters. The second-order valence-corrected chi connectivity index (χ2v) is 5.34. The van der Waals surface area contributed by atoms with Crippen LogP contribution in [-0.4, -0.2) is 21.5 Å². The Morgan fingerprint density at radius 1 is 1.10 bits per heavy atom. The molecule has 0 N–H and O–H groups in total. The minimum Gasteiger partial charge on any atom is -0.284 e. The average molecular weight is 284 g/mol. The van der Waals surface area contributed by atoms with Crippen molar-refractivity contribution in [1.29, 1.82) is 0 Å². The number of hydrogen-bond acceptors (Lipinski definition) is 3. The van der Waals surface area contributed by atoms with Gasteiger partial charge < -0.3 is 0 Å². The molecule has 0 aliphatic heterocycles. The van der Waals surface area contributed by atoms with Crippen LogP contribution in [0, 0.1) is 0 Å². The summed E-state index contributed by atoms with van der Waals surface area (Å²) in [6, 6.07) is 6.97. The van der Waals surface area contributed by atoms with Gasteiger partial charge in [0.25, 0.3) is 0 Å². The van der Waals surface area contributed by atoms with Crippen LogP contribution < -0.4 is 4.68 Å². The van der Waals surface area contributed by atoms with Crippen molar-refractivity contribution in [2.24, 2.45) is 7.05 Å². The number of unbranched alkanes of at least 4 members (excludes halogenated alkanes) is 2. The molecule has 1 aliphatic carbocycles. The Morgan fingerprint density at radius 3 is 2.43 bits per heavy atom. The molecule has 0 saturated carbocycles. The summed E-state index contributed by atoms with van der Waals surface area (Å²) >= 11 is 0. The zero-order valence-electron chi connectivity index (χ0n) is 12.3. The van der Waals surface area contributed by atoms with E-state index in [1.807, 2.05) is 0 Å². The lowest BCUT2D eigenvalue weighted by Gasteiger charge is -2.10. The van der Waals surface area contributed by atoms with Gasteiger partial charge in [-0.2, -0.15) is 0 Å². The molecule has 0 bridgehead atoms. The molecular formula is C16H18N3O2+. The van der Waals surface area contributed by atoms with Crippen molar-refractivity contribution < 1.29 is 14.3 Å². The van der Waals surface area contributed by atoms with Gasteiger partial charge in [-0.25, -0.2) is 0 Å². The minimum absolute atomic E-state index is 0.107. The van der Waals surface area contributed by atoms with Gasteiger partial charge in [-0.3, -0.25) is 9.59 Å². The normalized spacial score (nSPS) is 13.2. The Bertz CT molecular complexity index is 731. The summed E-state index contributed by atoms with van der Waals surface area (Å²) in [5, 5.41) is 4.34. The maximum absolute atomic E-state index is 12.7. The van der Waals surface area contributed by atoms with Crippen LogP contribution in [0.4, 0.5) is 0 Å². The average Bonchev–Trinajstić information content (AvgIpc) is 2.82. The first-order valence-electron chi connectivity index (χ1n) is 7.30. The quantitative estimate of drug-likeness (QED) is 0.541. The Labute approximate surface area is 123 Å². The second kappa shape index (κ2) is 5.24. The van der Waals surface area contributed by atoms with E-state index in [1.165, 1.54) is 4.68 Å². The van der Waals surface area contributed by atoms with E-state index in [0.29, 0.717) is 29.1 Å². The molecule has 0 spiro atoms. The van der Waals surface area contributed by atoms with Gasteiger partial charge in [0.1, 0.15) is 13.6 Å². The highest BCUT2D eigenvalue weighted by Gasteiger charge is 2.41. The number of rotatable bonds is 4. The predicted octanol–water partition coefficient (Wildman–Crippen LogP) is 1.67. The first-order chi connectivity index (χ1) is 10.1. The van der Waals surface area contributed by atoms with Crippen molar-refractivity contribution >= 4 is 11.6 Å². The van der Waals surface area contributed by atoms with E-state index in [0.717, 1.165) is 19.3 Å². The van der Waals surface area contributed by atoms with Gasteiger partial charge in [0.2, 0.25) is 23.0 Å². The molecule has 1 aromatic heterocycles. The zero-order valence-corrected chi connectivity index (χ0v) is 12.3.